The van der Waals surface area contributed by atoms with E-state index in [-0.39, 0.29) is 0 Å². The Bertz CT molecular complexity index is 948. The normalized spacial score (nSPS) is 12.3. The number of hydrogen-bond donors (Lipinski definition) is 2. The van der Waals surface area contributed by atoms with Gasteiger partial charge in [0.25, 0.3) is 0 Å². The summed E-state index contributed by atoms with van der Waals surface area (Å²) in [5, 5.41) is 26.4. The SMILES string of the molecule is CC(=N\O)/C(=N\Nc1ccc(Cl)cc1)c1nn(-c2ccccc2)nc1C. The number of hydrogen-bond acceptors (Lipinski definition) is 6. The fourth-order valence-electron chi connectivity index (χ4n) is 2.27. The zero-order valence-electron chi connectivity index (χ0n) is 14.3. The third-order valence-corrected chi connectivity index (χ3v) is 3.88. The molecule has 2 N–H and O–H groups in total. The minimum Gasteiger partial charge on any atom is -0.411 e. The number of benzene rings is 2. The van der Waals surface area contributed by atoms with Gasteiger partial charge in [-0.1, -0.05) is 35.0 Å². The first-order chi connectivity index (χ1) is 12.6. The van der Waals surface area contributed by atoms with Crippen molar-refractivity contribution in [1.29, 1.82) is 0 Å². The van der Waals surface area contributed by atoms with Crippen LogP contribution in [0.3, 0.4) is 0 Å². The van der Waals surface area contributed by atoms with Crippen LogP contribution < -0.4 is 5.43 Å². The van der Waals surface area contributed by atoms with E-state index in [0.717, 1.165) is 11.4 Å². The molecule has 0 radical (unpaired) electrons. The van der Waals surface area contributed by atoms with Crippen molar-refractivity contribution in [3.05, 3.63) is 71.0 Å². The predicted molar refractivity (Wildman–Crippen MR) is 103 cm³/mol. The molecule has 8 heteroatoms. The lowest BCUT2D eigenvalue weighted by Crippen LogP contribution is -2.16. The van der Waals surface area contributed by atoms with E-state index in [1.54, 1.807) is 31.2 Å². The molecule has 0 saturated heterocycles. The van der Waals surface area contributed by atoms with E-state index in [9.17, 15) is 5.21 Å². The Morgan fingerprint density at radius 1 is 1.08 bits per heavy atom. The van der Waals surface area contributed by atoms with E-state index in [2.05, 4.69) is 25.9 Å². The fourth-order valence-corrected chi connectivity index (χ4v) is 2.40. The third-order valence-electron chi connectivity index (χ3n) is 3.63. The number of nitrogens with one attached hydrogen (secondary N) is 1. The van der Waals surface area contributed by atoms with E-state index >= 15 is 0 Å². The fraction of sp³-hybridized carbons (Fsp3) is 0.111. The van der Waals surface area contributed by atoms with Gasteiger partial charge in [-0.05, 0) is 50.2 Å². The van der Waals surface area contributed by atoms with Crippen molar-refractivity contribution in [2.75, 3.05) is 5.43 Å². The van der Waals surface area contributed by atoms with Crippen molar-refractivity contribution >= 4 is 28.7 Å². The molecule has 132 valence electrons. The molecule has 0 aliphatic rings. The van der Waals surface area contributed by atoms with E-state index in [0.29, 0.717) is 27.8 Å². The molecule has 0 spiro atoms. The zero-order valence-corrected chi connectivity index (χ0v) is 15.0. The average molecular weight is 369 g/mol. The molecule has 0 aliphatic heterocycles. The predicted octanol–water partition coefficient (Wildman–Crippen LogP) is 3.90. The zero-order chi connectivity index (χ0) is 18.5. The molecular weight excluding hydrogens is 352 g/mol. The lowest BCUT2D eigenvalue weighted by molar-refractivity contribution is 0.320. The molecule has 1 heterocycles. The Morgan fingerprint density at radius 2 is 1.77 bits per heavy atom. The molecule has 26 heavy (non-hydrogen) atoms. The van der Waals surface area contributed by atoms with Gasteiger partial charge in [0.2, 0.25) is 0 Å². The first-order valence-corrected chi connectivity index (χ1v) is 8.24. The van der Waals surface area contributed by atoms with Gasteiger partial charge in [0.15, 0.2) is 0 Å². The van der Waals surface area contributed by atoms with Crippen LogP contribution in [0.5, 0.6) is 0 Å². The van der Waals surface area contributed by atoms with Gasteiger partial charge in [0.1, 0.15) is 17.1 Å². The summed E-state index contributed by atoms with van der Waals surface area (Å²) in [6.45, 7) is 3.47. The Hall–Kier alpha value is -3.19. The summed E-state index contributed by atoms with van der Waals surface area (Å²) in [6, 6.07) is 16.6. The molecule has 0 fully saturated rings. The van der Waals surface area contributed by atoms with Gasteiger partial charge in [0.05, 0.1) is 17.1 Å². The monoisotopic (exact) mass is 368 g/mol. The van der Waals surface area contributed by atoms with Crippen LogP contribution in [0, 0.1) is 6.92 Å². The van der Waals surface area contributed by atoms with Gasteiger partial charge in [-0.15, -0.1) is 5.10 Å². The minimum absolute atomic E-state index is 0.315. The van der Waals surface area contributed by atoms with Crippen molar-refractivity contribution in [1.82, 2.24) is 15.0 Å². The van der Waals surface area contributed by atoms with Crippen LogP contribution in [0.25, 0.3) is 5.69 Å². The lowest BCUT2D eigenvalue weighted by Gasteiger charge is -2.05. The van der Waals surface area contributed by atoms with Crippen LogP contribution in [0.2, 0.25) is 5.02 Å². The molecule has 0 unspecified atom stereocenters. The van der Waals surface area contributed by atoms with Crippen LogP contribution in [0.15, 0.2) is 64.9 Å². The van der Waals surface area contributed by atoms with Crippen molar-refractivity contribution in [3.63, 3.8) is 0 Å². The highest BCUT2D eigenvalue weighted by molar-refractivity contribution is 6.47. The Labute approximate surface area is 155 Å². The highest BCUT2D eigenvalue weighted by Gasteiger charge is 2.18. The van der Waals surface area contributed by atoms with Crippen LogP contribution in [-0.2, 0) is 0 Å². The average Bonchev–Trinajstić information content (AvgIpc) is 3.05. The topological polar surface area (TPSA) is 87.7 Å². The molecule has 3 aromatic rings. The van der Waals surface area contributed by atoms with Crippen molar-refractivity contribution < 1.29 is 5.21 Å². The molecule has 3 rings (SSSR count). The van der Waals surface area contributed by atoms with E-state index in [4.69, 9.17) is 11.6 Å². The molecule has 0 atom stereocenters. The Morgan fingerprint density at radius 3 is 2.42 bits per heavy atom. The number of para-hydroxylation sites is 1. The van der Waals surface area contributed by atoms with E-state index < -0.39 is 0 Å². The second kappa shape index (κ2) is 7.79. The standard InChI is InChI=1S/C18H17ClN6O/c1-12-18(23-25(22-12)16-6-4-3-5-7-16)17(13(2)24-26)21-20-15-10-8-14(19)9-11-15/h3-11,20,26H,1-2H3/b21-17+,24-13+. The summed E-state index contributed by atoms with van der Waals surface area (Å²) in [4.78, 5) is 1.52. The first-order valence-electron chi connectivity index (χ1n) is 7.86. The first kappa shape index (κ1) is 17.6. The summed E-state index contributed by atoms with van der Waals surface area (Å²) in [7, 11) is 0. The summed E-state index contributed by atoms with van der Waals surface area (Å²) in [5.41, 5.74) is 6.37. The molecule has 7 nitrogen and oxygen atoms in total. The maximum absolute atomic E-state index is 9.22. The third kappa shape index (κ3) is 3.89. The van der Waals surface area contributed by atoms with Gasteiger partial charge in [0, 0.05) is 5.02 Å². The van der Waals surface area contributed by atoms with Crippen LogP contribution >= 0.6 is 11.6 Å². The number of anilines is 1. The van der Waals surface area contributed by atoms with Crippen molar-refractivity contribution in [2.24, 2.45) is 10.3 Å². The number of nitrogens with zero attached hydrogens (tertiary/aromatic N) is 5. The molecule has 0 aliphatic carbocycles. The summed E-state index contributed by atoms with van der Waals surface area (Å²) in [6.07, 6.45) is 0. The smallest absolute Gasteiger partial charge is 0.138 e. The van der Waals surface area contributed by atoms with E-state index in [1.165, 1.54) is 4.80 Å². The largest absolute Gasteiger partial charge is 0.411 e. The quantitative estimate of drug-likeness (QED) is 0.406. The number of aryl methyl sites for hydroxylation is 1. The molecular formula is C18H17ClN6O. The lowest BCUT2D eigenvalue weighted by atomic mass is 10.1. The Kier molecular flexibility index (Phi) is 5.28. The molecule has 2 aromatic carbocycles. The highest BCUT2D eigenvalue weighted by atomic mass is 35.5. The van der Waals surface area contributed by atoms with Crippen molar-refractivity contribution in [3.8, 4) is 5.69 Å². The minimum atomic E-state index is 0.315. The van der Waals surface area contributed by atoms with Crippen LogP contribution in [-0.4, -0.2) is 31.6 Å². The number of hydrazone groups is 1. The summed E-state index contributed by atoms with van der Waals surface area (Å²) < 4.78 is 0. The number of aromatic nitrogens is 3. The number of halogens is 1. The van der Waals surface area contributed by atoms with Gasteiger partial charge >= 0.3 is 0 Å². The van der Waals surface area contributed by atoms with Crippen molar-refractivity contribution in [2.45, 2.75) is 13.8 Å². The molecule has 1 aromatic heterocycles. The van der Waals surface area contributed by atoms with Gasteiger partial charge in [-0.2, -0.15) is 15.0 Å². The maximum atomic E-state index is 9.22. The maximum Gasteiger partial charge on any atom is 0.138 e. The number of rotatable bonds is 5. The van der Waals surface area contributed by atoms with Gasteiger partial charge in [-0.25, -0.2) is 0 Å². The highest BCUT2D eigenvalue weighted by Crippen LogP contribution is 2.15. The molecule has 0 saturated carbocycles. The van der Waals surface area contributed by atoms with Crippen LogP contribution in [0.1, 0.15) is 18.3 Å². The second-order valence-corrected chi connectivity index (χ2v) is 5.96. The molecule has 0 amide bonds. The Balaban J connectivity index is 1.97. The summed E-state index contributed by atoms with van der Waals surface area (Å²) >= 11 is 5.89. The second-order valence-electron chi connectivity index (χ2n) is 5.52. The summed E-state index contributed by atoms with van der Waals surface area (Å²) in [5.74, 6) is 0. The van der Waals surface area contributed by atoms with Gasteiger partial charge < -0.3 is 5.21 Å². The number of oxime groups is 1. The van der Waals surface area contributed by atoms with Crippen LogP contribution in [0.4, 0.5) is 5.69 Å². The van der Waals surface area contributed by atoms with Gasteiger partial charge in [-0.3, -0.25) is 5.43 Å². The van der Waals surface area contributed by atoms with E-state index in [1.807, 2.05) is 37.3 Å². The molecule has 0 bridgehead atoms.